The zero-order chi connectivity index (χ0) is 18.4. The van der Waals surface area contributed by atoms with E-state index in [9.17, 15) is 9.18 Å². The standard InChI is InChI=1S/C20H21FO5/c21-17-18(25-12-15-9-5-2-6-10-15)16(26-19(17)20(22)23)13-24-11-14-7-3-1-4-8-14/h1-10,16-19H,11-13H2,(H,22,23)/t16-,17+,18-,19?/m1/s1. The maximum absolute atomic E-state index is 14.5. The number of ether oxygens (including phenoxy) is 3. The Morgan fingerprint density at radius 1 is 1.00 bits per heavy atom. The molecule has 1 unspecified atom stereocenters. The van der Waals surface area contributed by atoms with E-state index in [4.69, 9.17) is 19.3 Å². The normalized spacial score (nSPS) is 25.3. The summed E-state index contributed by atoms with van der Waals surface area (Å²) in [6.45, 7) is 0.566. The monoisotopic (exact) mass is 360 g/mol. The lowest BCUT2D eigenvalue weighted by Crippen LogP contribution is -2.36. The molecule has 0 aromatic heterocycles. The molecule has 0 bridgehead atoms. The van der Waals surface area contributed by atoms with E-state index >= 15 is 0 Å². The Balaban J connectivity index is 1.59. The highest BCUT2D eigenvalue weighted by molar-refractivity contribution is 5.73. The predicted octanol–water partition coefficient (Wildman–Crippen LogP) is 2.98. The fourth-order valence-electron chi connectivity index (χ4n) is 2.88. The second-order valence-electron chi connectivity index (χ2n) is 6.14. The molecule has 6 heteroatoms. The van der Waals surface area contributed by atoms with E-state index < -0.39 is 30.5 Å². The van der Waals surface area contributed by atoms with Gasteiger partial charge in [0.1, 0.15) is 12.2 Å². The number of halogens is 1. The van der Waals surface area contributed by atoms with E-state index in [0.717, 1.165) is 11.1 Å². The molecule has 3 rings (SSSR count). The molecule has 1 aliphatic heterocycles. The molecule has 0 aliphatic carbocycles. The summed E-state index contributed by atoms with van der Waals surface area (Å²) in [5, 5.41) is 9.15. The first-order valence-electron chi connectivity index (χ1n) is 8.44. The van der Waals surface area contributed by atoms with E-state index in [0.29, 0.717) is 6.61 Å². The van der Waals surface area contributed by atoms with Crippen LogP contribution in [0.15, 0.2) is 60.7 Å². The summed E-state index contributed by atoms with van der Waals surface area (Å²) in [5.41, 5.74) is 1.85. The molecular weight excluding hydrogens is 339 g/mol. The predicted molar refractivity (Wildman–Crippen MR) is 92.3 cm³/mol. The average molecular weight is 360 g/mol. The Hall–Kier alpha value is -2.28. The van der Waals surface area contributed by atoms with Crippen LogP contribution in [0, 0.1) is 0 Å². The maximum atomic E-state index is 14.5. The van der Waals surface area contributed by atoms with E-state index in [1.807, 2.05) is 60.7 Å². The zero-order valence-corrected chi connectivity index (χ0v) is 14.2. The fraction of sp³-hybridized carbons (Fsp3) is 0.350. The number of carbonyl (C=O) groups is 1. The Morgan fingerprint density at radius 3 is 2.15 bits per heavy atom. The number of hydrogen-bond acceptors (Lipinski definition) is 4. The van der Waals surface area contributed by atoms with Crippen molar-refractivity contribution in [3.8, 4) is 0 Å². The van der Waals surface area contributed by atoms with Crippen molar-refractivity contribution in [3.63, 3.8) is 0 Å². The van der Waals surface area contributed by atoms with Crippen molar-refractivity contribution in [1.29, 1.82) is 0 Å². The third kappa shape index (κ3) is 4.66. The van der Waals surface area contributed by atoms with Crippen LogP contribution in [0.2, 0.25) is 0 Å². The topological polar surface area (TPSA) is 65.0 Å². The van der Waals surface area contributed by atoms with Crippen molar-refractivity contribution in [2.45, 2.75) is 37.7 Å². The lowest BCUT2D eigenvalue weighted by Gasteiger charge is -2.20. The van der Waals surface area contributed by atoms with Crippen LogP contribution in [0.1, 0.15) is 11.1 Å². The van der Waals surface area contributed by atoms with Gasteiger partial charge in [-0.3, -0.25) is 0 Å². The van der Waals surface area contributed by atoms with Gasteiger partial charge in [-0.05, 0) is 11.1 Å². The highest BCUT2D eigenvalue weighted by Gasteiger charge is 2.49. The van der Waals surface area contributed by atoms with Crippen LogP contribution in [0.25, 0.3) is 0 Å². The summed E-state index contributed by atoms with van der Waals surface area (Å²) in [5.74, 6) is -1.34. The van der Waals surface area contributed by atoms with Crippen LogP contribution in [0.4, 0.5) is 4.39 Å². The van der Waals surface area contributed by atoms with Gasteiger partial charge in [0, 0.05) is 0 Å². The first kappa shape index (κ1) is 18.5. The van der Waals surface area contributed by atoms with Crippen molar-refractivity contribution in [2.24, 2.45) is 0 Å². The Morgan fingerprint density at radius 2 is 1.58 bits per heavy atom. The van der Waals surface area contributed by atoms with Gasteiger partial charge in [-0.2, -0.15) is 0 Å². The molecule has 4 atom stereocenters. The lowest BCUT2D eigenvalue weighted by molar-refractivity contribution is -0.153. The third-order valence-electron chi connectivity index (χ3n) is 4.21. The largest absolute Gasteiger partial charge is 0.479 e. The van der Waals surface area contributed by atoms with Gasteiger partial charge in [-0.1, -0.05) is 60.7 Å². The molecule has 5 nitrogen and oxygen atoms in total. The molecule has 138 valence electrons. The number of alkyl halides is 1. The molecule has 26 heavy (non-hydrogen) atoms. The van der Waals surface area contributed by atoms with Crippen molar-refractivity contribution in [1.82, 2.24) is 0 Å². The van der Waals surface area contributed by atoms with Crippen LogP contribution < -0.4 is 0 Å². The molecule has 0 saturated carbocycles. The van der Waals surface area contributed by atoms with Gasteiger partial charge in [0.2, 0.25) is 0 Å². The zero-order valence-electron chi connectivity index (χ0n) is 14.2. The minimum atomic E-state index is -1.75. The third-order valence-corrected chi connectivity index (χ3v) is 4.21. The summed E-state index contributed by atoms with van der Waals surface area (Å²) in [7, 11) is 0. The molecule has 0 spiro atoms. The second kappa shape index (κ2) is 8.89. The second-order valence-corrected chi connectivity index (χ2v) is 6.14. The van der Waals surface area contributed by atoms with Gasteiger partial charge in [-0.15, -0.1) is 0 Å². The minimum Gasteiger partial charge on any atom is -0.479 e. The van der Waals surface area contributed by atoms with E-state index in [1.165, 1.54) is 0 Å². The average Bonchev–Trinajstić information content (AvgIpc) is 2.98. The van der Waals surface area contributed by atoms with Crippen LogP contribution in [-0.2, 0) is 32.2 Å². The van der Waals surface area contributed by atoms with E-state index in [1.54, 1.807) is 0 Å². The Kier molecular flexibility index (Phi) is 6.33. The van der Waals surface area contributed by atoms with Crippen molar-refractivity contribution in [3.05, 3.63) is 71.8 Å². The number of aliphatic carboxylic acids is 1. The van der Waals surface area contributed by atoms with Gasteiger partial charge in [0.15, 0.2) is 12.3 Å². The van der Waals surface area contributed by atoms with Crippen LogP contribution >= 0.6 is 0 Å². The maximum Gasteiger partial charge on any atom is 0.336 e. The van der Waals surface area contributed by atoms with Crippen LogP contribution in [0.3, 0.4) is 0 Å². The quantitative estimate of drug-likeness (QED) is 0.784. The summed E-state index contributed by atoms with van der Waals surface area (Å²) in [4.78, 5) is 11.2. The number of carboxylic acids is 1. The van der Waals surface area contributed by atoms with Crippen molar-refractivity contribution >= 4 is 5.97 Å². The highest BCUT2D eigenvalue weighted by atomic mass is 19.1. The molecule has 0 radical (unpaired) electrons. The van der Waals surface area contributed by atoms with Gasteiger partial charge >= 0.3 is 5.97 Å². The molecule has 2 aromatic rings. The summed E-state index contributed by atoms with van der Waals surface area (Å²) < 4.78 is 31.1. The smallest absolute Gasteiger partial charge is 0.336 e. The molecule has 1 heterocycles. The lowest BCUT2D eigenvalue weighted by atomic mass is 10.1. The Bertz CT molecular complexity index is 694. The van der Waals surface area contributed by atoms with E-state index in [-0.39, 0.29) is 13.2 Å². The van der Waals surface area contributed by atoms with Gasteiger partial charge < -0.3 is 19.3 Å². The molecule has 1 aliphatic rings. The van der Waals surface area contributed by atoms with Crippen LogP contribution in [0.5, 0.6) is 0 Å². The van der Waals surface area contributed by atoms with E-state index in [2.05, 4.69) is 0 Å². The van der Waals surface area contributed by atoms with Crippen molar-refractivity contribution < 1.29 is 28.5 Å². The number of rotatable bonds is 8. The molecule has 2 aromatic carbocycles. The Labute approximate surface area is 151 Å². The van der Waals surface area contributed by atoms with Gasteiger partial charge in [0.25, 0.3) is 0 Å². The molecule has 0 amide bonds. The SMILES string of the molecule is O=C(O)C1O[C@H](COCc2ccccc2)[C@@H](OCc2ccccc2)[C@@H]1F. The molecule has 1 N–H and O–H groups in total. The molecule has 1 fully saturated rings. The first-order chi connectivity index (χ1) is 12.6. The molecular formula is C20H21FO5. The number of carboxylic acid groups (broad SMARTS) is 1. The van der Waals surface area contributed by atoms with Crippen molar-refractivity contribution in [2.75, 3.05) is 6.61 Å². The van der Waals surface area contributed by atoms with Crippen LogP contribution in [-0.4, -0.2) is 42.2 Å². The summed E-state index contributed by atoms with van der Waals surface area (Å²) in [6, 6.07) is 18.8. The summed E-state index contributed by atoms with van der Waals surface area (Å²) >= 11 is 0. The number of benzene rings is 2. The van der Waals surface area contributed by atoms with Gasteiger partial charge in [0.05, 0.1) is 19.8 Å². The van der Waals surface area contributed by atoms with Gasteiger partial charge in [-0.25, -0.2) is 9.18 Å². The molecule has 1 saturated heterocycles. The highest BCUT2D eigenvalue weighted by Crippen LogP contribution is 2.28. The fourth-order valence-corrected chi connectivity index (χ4v) is 2.88. The summed E-state index contributed by atoms with van der Waals surface area (Å²) in [6.07, 6.45) is -5.06. The first-order valence-corrected chi connectivity index (χ1v) is 8.44. The number of hydrogen-bond donors (Lipinski definition) is 1. The minimum absolute atomic E-state index is 0.0541.